The number of methoxy groups -OCH3 is 1. The predicted octanol–water partition coefficient (Wildman–Crippen LogP) is 2.06. The van der Waals surface area contributed by atoms with Crippen LogP contribution in [-0.4, -0.2) is 48.3 Å². The first-order valence-electron chi connectivity index (χ1n) is 6.96. The van der Waals surface area contributed by atoms with E-state index in [4.69, 9.17) is 9.47 Å². The Morgan fingerprint density at radius 2 is 2.29 bits per heavy atom. The van der Waals surface area contributed by atoms with Gasteiger partial charge in [-0.25, -0.2) is 9.78 Å². The number of thiazole rings is 1. The fourth-order valence-corrected chi connectivity index (χ4v) is 3.62. The molecule has 2 heterocycles. The highest BCUT2D eigenvalue weighted by Crippen LogP contribution is 2.24. The molecule has 3 rings (SSSR count). The Hall–Kier alpha value is -1.50. The van der Waals surface area contributed by atoms with Crippen molar-refractivity contribution in [1.29, 1.82) is 0 Å². The highest BCUT2D eigenvalue weighted by molar-refractivity contribution is 7.18. The lowest BCUT2D eigenvalue weighted by Gasteiger charge is -2.34. The third-order valence-corrected chi connectivity index (χ3v) is 4.52. The Morgan fingerprint density at radius 3 is 3.05 bits per heavy atom. The molecule has 0 N–H and O–H groups in total. The summed E-state index contributed by atoms with van der Waals surface area (Å²) in [4.78, 5) is 18.5. The van der Waals surface area contributed by atoms with Crippen molar-refractivity contribution in [3.8, 4) is 0 Å². The van der Waals surface area contributed by atoms with Gasteiger partial charge in [-0.1, -0.05) is 12.1 Å². The van der Waals surface area contributed by atoms with Gasteiger partial charge in [0.25, 0.3) is 0 Å². The molecule has 0 spiro atoms. The van der Waals surface area contributed by atoms with E-state index in [-0.39, 0.29) is 12.1 Å². The van der Waals surface area contributed by atoms with Crippen LogP contribution in [0.4, 0.5) is 0 Å². The van der Waals surface area contributed by atoms with Gasteiger partial charge in [-0.3, -0.25) is 4.90 Å². The molecule has 5 nitrogen and oxygen atoms in total. The van der Waals surface area contributed by atoms with Crippen LogP contribution in [-0.2, 0) is 20.8 Å². The number of fused-ring (bicyclic) bond motifs is 1. The average molecular weight is 306 g/mol. The van der Waals surface area contributed by atoms with Gasteiger partial charge in [0.1, 0.15) is 5.01 Å². The minimum atomic E-state index is -0.506. The van der Waals surface area contributed by atoms with Gasteiger partial charge in [-0.2, -0.15) is 0 Å². The van der Waals surface area contributed by atoms with Crippen LogP contribution >= 0.6 is 11.3 Å². The second kappa shape index (κ2) is 6.09. The Labute approximate surface area is 127 Å². The highest BCUT2D eigenvalue weighted by atomic mass is 32.1. The molecule has 1 aliphatic heterocycles. The molecule has 21 heavy (non-hydrogen) atoms. The molecule has 0 unspecified atom stereocenters. The van der Waals surface area contributed by atoms with Gasteiger partial charge in [0.05, 0.1) is 30.0 Å². The van der Waals surface area contributed by atoms with E-state index in [0.29, 0.717) is 6.54 Å². The van der Waals surface area contributed by atoms with Gasteiger partial charge < -0.3 is 9.47 Å². The topological polar surface area (TPSA) is 51.7 Å². The average Bonchev–Trinajstić information content (AvgIpc) is 2.87. The number of aromatic nitrogens is 1. The molecule has 0 radical (unpaired) electrons. The highest BCUT2D eigenvalue weighted by Gasteiger charge is 2.31. The smallest absolute Gasteiger partial charge is 0.336 e. The van der Waals surface area contributed by atoms with Gasteiger partial charge in [0.15, 0.2) is 6.10 Å². The van der Waals surface area contributed by atoms with Crippen molar-refractivity contribution in [3.05, 3.63) is 29.3 Å². The van der Waals surface area contributed by atoms with E-state index < -0.39 is 6.10 Å². The van der Waals surface area contributed by atoms with Gasteiger partial charge in [-0.15, -0.1) is 11.3 Å². The fourth-order valence-electron chi connectivity index (χ4n) is 2.61. The summed E-state index contributed by atoms with van der Waals surface area (Å²) in [7, 11) is 1.39. The van der Waals surface area contributed by atoms with Crippen molar-refractivity contribution >= 4 is 27.5 Å². The van der Waals surface area contributed by atoms with Gasteiger partial charge in [0, 0.05) is 13.1 Å². The summed E-state index contributed by atoms with van der Waals surface area (Å²) in [6.45, 7) is 4.05. The standard InChI is InChI=1S/C15H18N2O3S/c1-10-7-17(8-12(20-10)15(18)19-2)9-14-16-11-5-3-4-6-13(11)21-14/h3-6,10,12H,7-9H2,1-2H3/t10-,12-/m1/s1. The molecule has 1 aromatic carbocycles. The maximum absolute atomic E-state index is 11.7. The Morgan fingerprint density at radius 1 is 1.48 bits per heavy atom. The predicted molar refractivity (Wildman–Crippen MR) is 81.2 cm³/mol. The number of esters is 1. The molecule has 0 amide bonds. The number of morpholine rings is 1. The van der Waals surface area contributed by atoms with E-state index in [2.05, 4.69) is 16.0 Å². The third kappa shape index (κ3) is 3.23. The van der Waals surface area contributed by atoms with Crippen molar-refractivity contribution in [1.82, 2.24) is 9.88 Å². The molecule has 6 heteroatoms. The normalized spacial score (nSPS) is 23.3. The van der Waals surface area contributed by atoms with E-state index in [1.165, 1.54) is 11.8 Å². The molecular formula is C15H18N2O3S. The van der Waals surface area contributed by atoms with Gasteiger partial charge in [0.2, 0.25) is 0 Å². The van der Waals surface area contributed by atoms with Crippen LogP contribution in [0.25, 0.3) is 10.2 Å². The number of benzene rings is 1. The minimum Gasteiger partial charge on any atom is -0.467 e. The number of para-hydroxylation sites is 1. The summed E-state index contributed by atoms with van der Waals surface area (Å²) in [6.07, 6.45) is -0.495. The molecule has 1 saturated heterocycles. The van der Waals surface area contributed by atoms with Crippen LogP contribution in [0.1, 0.15) is 11.9 Å². The zero-order valence-electron chi connectivity index (χ0n) is 12.1. The lowest BCUT2D eigenvalue weighted by atomic mass is 10.2. The maximum atomic E-state index is 11.7. The number of carbonyl (C=O) groups is 1. The van der Waals surface area contributed by atoms with Crippen LogP contribution in [0.2, 0.25) is 0 Å². The second-order valence-electron chi connectivity index (χ2n) is 5.23. The summed E-state index contributed by atoms with van der Waals surface area (Å²) >= 11 is 1.70. The minimum absolute atomic E-state index is 0.0113. The summed E-state index contributed by atoms with van der Waals surface area (Å²) in [5.41, 5.74) is 1.03. The lowest BCUT2D eigenvalue weighted by Crippen LogP contribution is -2.49. The van der Waals surface area contributed by atoms with Crippen molar-refractivity contribution < 1.29 is 14.3 Å². The molecule has 0 bridgehead atoms. The summed E-state index contributed by atoms with van der Waals surface area (Å²) in [5, 5.41) is 1.06. The van der Waals surface area contributed by atoms with E-state index >= 15 is 0 Å². The second-order valence-corrected chi connectivity index (χ2v) is 6.34. The SMILES string of the molecule is COC(=O)[C@H]1CN(Cc2nc3ccccc3s2)C[C@@H](C)O1. The van der Waals surface area contributed by atoms with Crippen LogP contribution in [0.15, 0.2) is 24.3 Å². The monoisotopic (exact) mass is 306 g/mol. The lowest BCUT2D eigenvalue weighted by molar-refractivity contribution is -0.166. The van der Waals surface area contributed by atoms with Crippen molar-refractivity contribution in [2.75, 3.05) is 20.2 Å². The van der Waals surface area contributed by atoms with Gasteiger partial charge >= 0.3 is 5.97 Å². The van der Waals surface area contributed by atoms with E-state index in [1.807, 2.05) is 25.1 Å². The Kier molecular flexibility index (Phi) is 4.19. The van der Waals surface area contributed by atoms with Crippen LogP contribution < -0.4 is 0 Å². The first kappa shape index (κ1) is 14.4. The van der Waals surface area contributed by atoms with E-state index in [0.717, 1.165) is 23.6 Å². The quantitative estimate of drug-likeness (QED) is 0.813. The largest absolute Gasteiger partial charge is 0.467 e. The Balaban J connectivity index is 1.72. The zero-order chi connectivity index (χ0) is 14.8. The summed E-state index contributed by atoms with van der Waals surface area (Å²) in [5.74, 6) is -0.309. The number of nitrogens with zero attached hydrogens (tertiary/aromatic N) is 2. The van der Waals surface area contributed by atoms with Crippen molar-refractivity contribution in [2.45, 2.75) is 25.7 Å². The number of carbonyl (C=O) groups excluding carboxylic acids is 1. The van der Waals surface area contributed by atoms with Gasteiger partial charge in [-0.05, 0) is 19.1 Å². The van der Waals surface area contributed by atoms with Crippen molar-refractivity contribution in [2.24, 2.45) is 0 Å². The summed E-state index contributed by atoms with van der Waals surface area (Å²) < 4.78 is 11.6. The fraction of sp³-hybridized carbons (Fsp3) is 0.467. The molecule has 2 aromatic rings. The zero-order valence-corrected chi connectivity index (χ0v) is 12.9. The van der Waals surface area contributed by atoms with Crippen LogP contribution in [0.5, 0.6) is 0 Å². The molecule has 1 aliphatic rings. The molecule has 0 aliphatic carbocycles. The number of hydrogen-bond donors (Lipinski definition) is 0. The number of hydrogen-bond acceptors (Lipinski definition) is 6. The molecule has 2 atom stereocenters. The Bertz CT molecular complexity index is 610. The van der Waals surface area contributed by atoms with Crippen LogP contribution in [0.3, 0.4) is 0 Å². The molecule has 1 aromatic heterocycles. The molecule has 1 fully saturated rings. The first-order chi connectivity index (χ1) is 10.2. The van der Waals surface area contributed by atoms with Crippen molar-refractivity contribution in [3.63, 3.8) is 0 Å². The third-order valence-electron chi connectivity index (χ3n) is 3.50. The van der Waals surface area contributed by atoms with Crippen LogP contribution in [0, 0.1) is 0 Å². The van der Waals surface area contributed by atoms with E-state index in [9.17, 15) is 4.79 Å². The maximum Gasteiger partial charge on any atom is 0.336 e. The molecule has 0 saturated carbocycles. The molecular weight excluding hydrogens is 288 g/mol. The first-order valence-corrected chi connectivity index (χ1v) is 7.77. The van der Waals surface area contributed by atoms with E-state index in [1.54, 1.807) is 11.3 Å². The molecule has 112 valence electrons. The number of rotatable bonds is 3. The number of ether oxygens (including phenoxy) is 2. The summed E-state index contributed by atoms with van der Waals surface area (Å²) in [6, 6.07) is 8.12.